The predicted octanol–water partition coefficient (Wildman–Crippen LogP) is 0.708. The second kappa shape index (κ2) is 10.0. The number of aliphatic hydroxyl groups excluding tert-OH is 1. The van der Waals surface area contributed by atoms with Crippen molar-refractivity contribution in [3.8, 4) is 0 Å². The van der Waals surface area contributed by atoms with E-state index in [9.17, 15) is 28.7 Å². The molecule has 0 aromatic heterocycles. The van der Waals surface area contributed by atoms with Crippen LogP contribution < -0.4 is 21.4 Å². The lowest BCUT2D eigenvalue weighted by atomic mass is 9.83. The molecule has 0 radical (unpaired) electrons. The maximum absolute atomic E-state index is 13.9. The molecule has 6 N–H and O–H groups in total. The topological polar surface area (TPSA) is 160 Å². The Morgan fingerprint density at radius 3 is 2.61 bits per heavy atom. The molecule has 1 aromatic carbocycles. The zero-order chi connectivity index (χ0) is 23.3. The van der Waals surface area contributed by atoms with Crippen LogP contribution in [0.5, 0.6) is 0 Å². The Balaban J connectivity index is 2.08. The fourth-order valence-electron chi connectivity index (χ4n) is 3.01. The molecule has 2 atom stereocenters. The molecule has 1 heterocycles. The summed E-state index contributed by atoms with van der Waals surface area (Å²) >= 11 is 3.09. The number of benzene rings is 1. The molecule has 1 aliphatic rings. The molecule has 4 amide bonds. The number of hydrogen-bond donors (Lipinski definition) is 6. The number of aliphatic carboxylic acids is 1. The first kappa shape index (κ1) is 24.5. The molecule has 13 heteroatoms. The van der Waals surface area contributed by atoms with Crippen molar-refractivity contribution in [2.75, 3.05) is 11.9 Å². The number of carbonyl (C=O) groups is 4. The van der Waals surface area contributed by atoms with Gasteiger partial charge in [0, 0.05) is 11.0 Å². The van der Waals surface area contributed by atoms with Crippen molar-refractivity contribution in [3.63, 3.8) is 0 Å². The Kier molecular flexibility index (Phi) is 7.92. The van der Waals surface area contributed by atoms with Gasteiger partial charge in [-0.15, -0.1) is 0 Å². The number of nitrogens with one attached hydrogen (secondary N) is 4. The molecule has 0 bridgehead atoms. The number of carbonyl (C=O) groups excluding carboxylic acids is 3. The quantitative estimate of drug-likeness (QED) is 0.304. The van der Waals surface area contributed by atoms with Crippen LogP contribution in [0.2, 0.25) is 0 Å². The van der Waals surface area contributed by atoms with E-state index in [4.69, 9.17) is 5.11 Å². The van der Waals surface area contributed by atoms with Crippen LogP contribution in [0.1, 0.15) is 26.7 Å². The van der Waals surface area contributed by atoms with E-state index < -0.39 is 53.9 Å². The molecule has 1 saturated heterocycles. The van der Waals surface area contributed by atoms with E-state index in [-0.39, 0.29) is 18.7 Å². The Hall–Kier alpha value is -2.77. The van der Waals surface area contributed by atoms with E-state index in [0.29, 0.717) is 9.48 Å². The summed E-state index contributed by atoms with van der Waals surface area (Å²) in [5.41, 5.74) is 0.440. The summed E-state index contributed by atoms with van der Waals surface area (Å²) in [5.74, 6) is -3.68. The van der Waals surface area contributed by atoms with Crippen molar-refractivity contribution in [2.45, 2.75) is 38.6 Å². The molecule has 2 unspecified atom stereocenters. The SMILES string of the molecule is CC(C)C1(CC(=O)NCCC(=O)O)NC(O)N(NC(=O)Nc2ccc(Br)cc2F)C1=O. The van der Waals surface area contributed by atoms with Gasteiger partial charge in [-0.1, -0.05) is 29.8 Å². The van der Waals surface area contributed by atoms with Crippen LogP contribution in [0, 0.1) is 11.7 Å². The van der Waals surface area contributed by atoms with Gasteiger partial charge in [-0.3, -0.25) is 19.7 Å². The monoisotopic (exact) mass is 503 g/mol. The van der Waals surface area contributed by atoms with Crippen molar-refractivity contribution >= 4 is 45.4 Å². The molecule has 1 aromatic rings. The highest BCUT2D eigenvalue weighted by atomic mass is 79.9. The molecule has 2 rings (SSSR count). The lowest BCUT2D eigenvalue weighted by molar-refractivity contribution is -0.142. The number of carboxylic acids is 1. The van der Waals surface area contributed by atoms with Gasteiger partial charge in [0.15, 0.2) is 0 Å². The highest BCUT2D eigenvalue weighted by molar-refractivity contribution is 9.10. The van der Waals surface area contributed by atoms with Crippen molar-refractivity contribution in [1.29, 1.82) is 0 Å². The van der Waals surface area contributed by atoms with Gasteiger partial charge in [0.2, 0.25) is 12.3 Å². The first-order valence-electron chi connectivity index (χ1n) is 9.27. The Labute approximate surface area is 185 Å². The number of amides is 4. The maximum Gasteiger partial charge on any atom is 0.338 e. The van der Waals surface area contributed by atoms with Crippen molar-refractivity contribution in [2.24, 2.45) is 5.92 Å². The fourth-order valence-corrected chi connectivity index (χ4v) is 3.35. The zero-order valence-electron chi connectivity index (χ0n) is 16.7. The average molecular weight is 504 g/mol. The van der Waals surface area contributed by atoms with Gasteiger partial charge in [0.1, 0.15) is 11.4 Å². The molecule has 0 spiro atoms. The van der Waals surface area contributed by atoms with Crippen LogP contribution in [-0.4, -0.2) is 57.5 Å². The molecule has 170 valence electrons. The largest absolute Gasteiger partial charge is 0.481 e. The van der Waals surface area contributed by atoms with E-state index in [2.05, 4.69) is 37.3 Å². The predicted molar refractivity (Wildman–Crippen MR) is 110 cm³/mol. The molecule has 1 fully saturated rings. The third kappa shape index (κ3) is 5.89. The van der Waals surface area contributed by atoms with Gasteiger partial charge in [-0.2, -0.15) is 0 Å². The van der Waals surface area contributed by atoms with E-state index in [0.717, 1.165) is 6.07 Å². The second-order valence-corrected chi connectivity index (χ2v) is 8.10. The molecule has 11 nitrogen and oxygen atoms in total. The number of rotatable bonds is 8. The number of aliphatic hydroxyl groups is 1. The lowest BCUT2D eigenvalue weighted by Gasteiger charge is -2.30. The minimum atomic E-state index is -1.65. The summed E-state index contributed by atoms with van der Waals surface area (Å²) in [6.45, 7) is 3.16. The molecule has 0 saturated carbocycles. The molecular formula is C18H23BrFN5O6. The summed E-state index contributed by atoms with van der Waals surface area (Å²) in [5, 5.41) is 26.8. The summed E-state index contributed by atoms with van der Waals surface area (Å²) in [7, 11) is 0. The van der Waals surface area contributed by atoms with Crippen molar-refractivity contribution in [3.05, 3.63) is 28.5 Å². The van der Waals surface area contributed by atoms with Crippen LogP contribution in [-0.2, 0) is 14.4 Å². The van der Waals surface area contributed by atoms with Gasteiger partial charge < -0.3 is 20.8 Å². The Morgan fingerprint density at radius 1 is 1.35 bits per heavy atom. The highest BCUT2D eigenvalue weighted by Gasteiger charge is 2.54. The van der Waals surface area contributed by atoms with Gasteiger partial charge >= 0.3 is 12.0 Å². The summed E-state index contributed by atoms with van der Waals surface area (Å²) < 4.78 is 14.4. The number of nitrogens with zero attached hydrogens (tertiary/aromatic N) is 1. The number of carboxylic acid groups (broad SMARTS) is 1. The van der Waals surface area contributed by atoms with Crippen LogP contribution in [0.15, 0.2) is 22.7 Å². The number of halogens is 2. The Morgan fingerprint density at radius 2 is 2.03 bits per heavy atom. The van der Waals surface area contributed by atoms with E-state index in [1.54, 1.807) is 13.8 Å². The molecule has 31 heavy (non-hydrogen) atoms. The second-order valence-electron chi connectivity index (χ2n) is 7.18. The number of hydrazine groups is 1. The van der Waals surface area contributed by atoms with Crippen LogP contribution in [0.3, 0.4) is 0 Å². The van der Waals surface area contributed by atoms with Gasteiger partial charge in [0.05, 0.1) is 18.5 Å². The van der Waals surface area contributed by atoms with E-state index in [1.165, 1.54) is 12.1 Å². The van der Waals surface area contributed by atoms with Crippen LogP contribution >= 0.6 is 15.9 Å². The Bertz CT molecular complexity index is 885. The fraction of sp³-hybridized carbons (Fsp3) is 0.444. The van der Waals surface area contributed by atoms with Crippen LogP contribution in [0.25, 0.3) is 0 Å². The number of hydrogen-bond acceptors (Lipinski definition) is 6. The average Bonchev–Trinajstić information content (AvgIpc) is 2.89. The lowest BCUT2D eigenvalue weighted by Crippen LogP contribution is -2.55. The number of urea groups is 1. The van der Waals surface area contributed by atoms with Gasteiger partial charge in [-0.05, 0) is 24.1 Å². The van der Waals surface area contributed by atoms with Gasteiger partial charge in [0.25, 0.3) is 5.91 Å². The molecule has 0 aliphatic carbocycles. The maximum atomic E-state index is 13.9. The summed E-state index contributed by atoms with van der Waals surface area (Å²) in [4.78, 5) is 48.1. The standard InChI is InChI=1S/C18H23BrFN5O6/c1-9(2)18(8-13(26)21-6-5-14(27)28)15(29)25(17(31)23-18)24-16(30)22-12-4-3-10(19)7-11(12)20/h3-4,7,9,17,23,31H,5-6,8H2,1-2H3,(H,21,26)(H,27,28)(H2,22,24,30). The first-order chi connectivity index (χ1) is 14.5. The third-order valence-corrected chi connectivity index (χ3v) is 5.21. The number of anilines is 1. The summed E-state index contributed by atoms with van der Waals surface area (Å²) in [6.07, 6.45) is -2.34. The van der Waals surface area contributed by atoms with Crippen LogP contribution in [0.4, 0.5) is 14.9 Å². The normalized spacial score (nSPS) is 20.6. The van der Waals surface area contributed by atoms with Gasteiger partial charge in [-0.25, -0.2) is 19.6 Å². The van der Waals surface area contributed by atoms with Crippen molar-refractivity contribution < 1.29 is 33.8 Å². The van der Waals surface area contributed by atoms with Crippen molar-refractivity contribution in [1.82, 2.24) is 21.1 Å². The van der Waals surface area contributed by atoms with E-state index >= 15 is 0 Å². The van der Waals surface area contributed by atoms with E-state index in [1.807, 2.05) is 0 Å². The highest BCUT2D eigenvalue weighted by Crippen LogP contribution is 2.30. The molecule has 1 aliphatic heterocycles. The molecular weight excluding hydrogens is 481 g/mol. The smallest absolute Gasteiger partial charge is 0.338 e. The third-order valence-electron chi connectivity index (χ3n) is 4.72. The first-order valence-corrected chi connectivity index (χ1v) is 10.1. The minimum Gasteiger partial charge on any atom is -0.481 e. The summed E-state index contributed by atoms with van der Waals surface area (Å²) in [6, 6.07) is 2.96. The zero-order valence-corrected chi connectivity index (χ0v) is 18.3. The minimum absolute atomic E-state index is 0.123.